The molecular weight excluding hydrogens is 409 g/mol. The smallest absolute Gasteiger partial charge is 0.376 e. The summed E-state index contributed by atoms with van der Waals surface area (Å²) in [5.41, 5.74) is 0.268. The third-order valence-electron chi connectivity index (χ3n) is 5.57. The standard InChI is InChI=1S/C21H21F3N6O/c1-12-3-2-4-14-15(12)28-18(21(22,23)24)16-17(14)30(9-5-13-11-25-8-10-31-13)20(29-16)19-26-6-7-27-19/h2-4,6-7,13,25H,5,8-11H2,1H3,(H,26,27). The Hall–Kier alpha value is -2.98. The normalized spacial score (nSPS) is 17.6. The number of hydrogen-bond donors (Lipinski definition) is 2. The third kappa shape index (κ3) is 3.55. The number of nitrogens with one attached hydrogen (secondary N) is 2. The molecule has 1 saturated heterocycles. The molecule has 1 aliphatic heterocycles. The number of nitrogens with zero attached hydrogens (tertiary/aromatic N) is 4. The molecular formula is C21H21F3N6O. The lowest BCUT2D eigenvalue weighted by Gasteiger charge is -2.24. The molecule has 1 aromatic carbocycles. The highest BCUT2D eigenvalue weighted by Crippen LogP contribution is 2.38. The van der Waals surface area contributed by atoms with E-state index in [1.807, 2.05) is 10.6 Å². The molecule has 31 heavy (non-hydrogen) atoms. The molecule has 4 heterocycles. The average Bonchev–Trinajstić information content (AvgIpc) is 3.40. The Morgan fingerprint density at radius 1 is 1.23 bits per heavy atom. The first-order valence-electron chi connectivity index (χ1n) is 10.1. The number of morpholine rings is 1. The van der Waals surface area contributed by atoms with Gasteiger partial charge in [-0.3, -0.25) is 0 Å². The van der Waals surface area contributed by atoms with Gasteiger partial charge in [0.2, 0.25) is 0 Å². The number of H-pyrrole nitrogens is 1. The first-order valence-corrected chi connectivity index (χ1v) is 10.1. The predicted molar refractivity (Wildman–Crippen MR) is 110 cm³/mol. The van der Waals surface area contributed by atoms with Gasteiger partial charge in [0.25, 0.3) is 0 Å². The molecule has 1 atom stereocenters. The molecule has 0 spiro atoms. The quantitative estimate of drug-likeness (QED) is 0.516. The van der Waals surface area contributed by atoms with E-state index in [0.29, 0.717) is 59.7 Å². The number of aromatic amines is 1. The summed E-state index contributed by atoms with van der Waals surface area (Å²) in [5.74, 6) is 0.762. The molecule has 7 nitrogen and oxygen atoms in total. The number of imidazole rings is 2. The van der Waals surface area contributed by atoms with E-state index in [9.17, 15) is 13.2 Å². The van der Waals surface area contributed by atoms with Gasteiger partial charge in [0, 0.05) is 37.4 Å². The average molecular weight is 430 g/mol. The molecule has 1 aliphatic rings. The van der Waals surface area contributed by atoms with Crippen LogP contribution in [0.15, 0.2) is 30.6 Å². The summed E-state index contributed by atoms with van der Waals surface area (Å²) in [4.78, 5) is 15.6. The van der Waals surface area contributed by atoms with Crippen molar-refractivity contribution in [3.8, 4) is 11.6 Å². The van der Waals surface area contributed by atoms with Crippen LogP contribution in [0.3, 0.4) is 0 Å². The van der Waals surface area contributed by atoms with Gasteiger partial charge in [-0.05, 0) is 18.9 Å². The van der Waals surface area contributed by atoms with Gasteiger partial charge in [-0.1, -0.05) is 18.2 Å². The first kappa shape index (κ1) is 20.0. The number of ether oxygens (including phenoxy) is 1. The number of hydrogen-bond acceptors (Lipinski definition) is 5. The van der Waals surface area contributed by atoms with Crippen molar-refractivity contribution in [1.29, 1.82) is 0 Å². The van der Waals surface area contributed by atoms with Crippen molar-refractivity contribution in [2.24, 2.45) is 0 Å². The molecule has 10 heteroatoms. The molecule has 0 radical (unpaired) electrons. The first-order chi connectivity index (χ1) is 14.9. The zero-order valence-electron chi connectivity index (χ0n) is 16.8. The van der Waals surface area contributed by atoms with Crippen LogP contribution in [-0.2, 0) is 17.5 Å². The van der Waals surface area contributed by atoms with E-state index >= 15 is 0 Å². The Labute approximate surface area is 175 Å². The van der Waals surface area contributed by atoms with E-state index < -0.39 is 11.9 Å². The lowest BCUT2D eigenvalue weighted by Crippen LogP contribution is -2.39. The molecule has 1 fully saturated rings. The fourth-order valence-electron chi connectivity index (χ4n) is 4.12. The van der Waals surface area contributed by atoms with Crippen LogP contribution >= 0.6 is 0 Å². The van der Waals surface area contributed by atoms with Crippen LogP contribution in [0.4, 0.5) is 13.2 Å². The molecule has 0 bridgehead atoms. The highest BCUT2D eigenvalue weighted by molar-refractivity contribution is 6.05. The fraction of sp³-hybridized carbons (Fsp3) is 0.381. The highest BCUT2D eigenvalue weighted by atomic mass is 19.4. The van der Waals surface area contributed by atoms with Crippen molar-refractivity contribution in [2.75, 3.05) is 19.7 Å². The van der Waals surface area contributed by atoms with Crippen LogP contribution in [-0.4, -0.2) is 50.3 Å². The largest absolute Gasteiger partial charge is 0.435 e. The Morgan fingerprint density at radius 3 is 2.81 bits per heavy atom. The highest BCUT2D eigenvalue weighted by Gasteiger charge is 2.38. The van der Waals surface area contributed by atoms with Gasteiger partial charge in [-0.25, -0.2) is 15.0 Å². The number of rotatable bonds is 4. The summed E-state index contributed by atoms with van der Waals surface area (Å²) < 4.78 is 49.5. The number of fused-ring (bicyclic) bond motifs is 3. The van der Waals surface area contributed by atoms with Gasteiger partial charge < -0.3 is 19.6 Å². The minimum atomic E-state index is -4.63. The minimum Gasteiger partial charge on any atom is -0.376 e. The Balaban J connectivity index is 1.77. The maximum absolute atomic E-state index is 14.0. The zero-order valence-corrected chi connectivity index (χ0v) is 16.8. The zero-order chi connectivity index (χ0) is 21.6. The topological polar surface area (TPSA) is 80.7 Å². The van der Waals surface area contributed by atoms with Crippen molar-refractivity contribution in [3.05, 3.63) is 41.9 Å². The van der Waals surface area contributed by atoms with E-state index in [1.165, 1.54) is 0 Å². The van der Waals surface area contributed by atoms with Gasteiger partial charge in [-0.2, -0.15) is 13.2 Å². The number of aromatic nitrogens is 5. The van der Waals surface area contributed by atoms with Crippen molar-refractivity contribution >= 4 is 21.9 Å². The van der Waals surface area contributed by atoms with E-state index in [-0.39, 0.29) is 11.6 Å². The maximum atomic E-state index is 14.0. The van der Waals surface area contributed by atoms with Gasteiger partial charge in [0.1, 0.15) is 5.52 Å². The number of benzene rings is 1. The van der Waals surface area contributed by atoms with Crippen molar-refractivity contribution in [3.63, 3.8) is 0 Å². The number of halogens is 3. The molecule has 0 amide bonds. The third-order valence-corrected chi connectivity index (χ3v) is 5.57. The minimum absolute atomic E-state index is 0.0208. The summed E-state index contributed by atoms with van der Waals surface area (Å²) >= 11 is 0. The van der Waals surface area contributed by atoms with E-state index in [4.69, 9.17) is 4.74 Å². The Bertz CT molecular complexity index is 1230. The summed E-state index contributed by atoms with van der Waals surface area (Å²) in [7, 11) is 0. The summed E-state index contributed by atoms with van der Waals surface area (Å²) in [5, 5.41) is 3.92. The van der Waals surface area contributed by atoms with Crippen molar-refractivity contribution in [2.45, 2.75) is 32.2 Å². The van der Waals surface area contributed by atoms with Crippen LogP contribution in [0.2, 0.25) is 0 Å². The van der Waals surface area contributed by atoms with E-state index in [0.717, 1.165) is 6.54 Å². The molecule has 5 rings (SSSR count). The molecule has 162 valence electrons. The molecule has 4 aromatic rings. The SMILES string of the molecule is Cc1cccc2c1nc(C(F)(F)F)c1nc(-c3ncc[nH]3)n(CCC3CNCCO3)c12. The van der Waals surface area contributed by atoms with Crippen molar-refractivity contribution < 1.29 is 17.9 Å². The number of aryl methyl sites for hydroxylation is 2. The summed E-state index contributed by atoms with van der Waals surface area (Å²) in [6, 6.07) is 5.38. The molecule has 1 unspecified atom stereocenters. The van der Waals surface area contributed by atoms with Gasteiger partial charge in [-0.15, -0.1) is 0 Å². The van der Waals surface area contributed by atoms with E-state index in [1.54, 1.807) is 31.5 Å². The Morgan fingerprint density at radius 2 is 2.10 bits per heavy atom. The predicted octanol–water partition coefficient (Wildman–Crippen LogP) is 3.68. The summed E-state index contributed by atoms with van der Waals surface area (Å²) in [6.07, 6.45) is -0.850. The molecule has 2 N–H and O–H groups in total. The number of para-hydroxylation sites is 1. The lowest BCUT2D eigenvalue weighted by atomic mass is 10.1. The maximum Gasteiger partial charge on any atom is 0.435 e. The van der Waals surface area contributed by atoms with Crippen LogP contribution in [0, 0.1) is 6.92 Å². The van der Waals surface area contributed by atoms with Crippen LogP contribution < -0.4 is 5.32 Å². The number of alkyl halides is 3. The van der Waals surface area contributed by atoms with Crippen molar-refractivity contribution in [1.82, 2.24) is 29.8 Å². The summed E-state index contributed by atoms with van der Waals surface area (Å²) in [6.45, 7) is 4.31. The molecule has 0 saturated carbocycles. The van der Waals surface area contributed by atoms with Gasteiger partial charge in [0.05, 0.1) is 23.7 Å². The van der Waals surface area contributed by atoms with Crippen LogP contribution in [0.1, 0.15) is 17.7 Å². The molecule has 0 aliphatic carbocycles. The molecule has 3 aromatic heterocycles. The van der Waals surface area contributed by atoms with Gasteiger partial charge in [0.15, 0.2) is 17.3 Å². The van der Waals surface area contributed by atoms with Crippen LogP contribution in [0.25, 0.3) is 33.6 Å². The lowest BCUT2D eigenvalue weighted by molar-refractivity contribution is -0.139. The second kappa shape index (κ2) is 7.61. The van der Waals surface area contributed by atoms with Gasteiger partial charge >= 0.3 is 6.18 Å². The second-order valence-corrected chi connectivity index (χ2v) is 7.64. The monoisotopic (exact) mass is 430 g/mol. The van der Waals surface area contributed by atoms with Crippen LogP contribution in [0.5, 0.6) is 0 Å². The fourth-order valence-corrected chi connectivity index (χ4v) is 4.12. The number of pyridine rings is 1. The Kier molecular flexibility index (Phi) is 4.90. The second-order valence-electron chi connectivity index (χ2n) is 7.64. The van der Waals surface area contributed by atoms with E-state index in [2.05, 4.69) is 25.3 Å².